The van der Waals surface area contributed by atoms with Gasteiger partial charge in [-0.3, -0.25) is 4.79 Å². The molecule has 15 heavy (non-hydrogen) atoms. The Morgan fingerprint density at radius 3 is 2.53 bits per heavy atom. The Labute approximate surface area is 83.5 Å². The van der Waals surface area contributed by atoms with Gasteiger partial charge in [-0.25, -0.2) is 0 Å². The van der Waals surface area contributed by atoms with Gasteiger partial charge in [0.15, 0.2) is 0 Å². The van der Waals surface area contributed by atoms with Crippen LogP contribution in [0.15, 0.2) is 18.2 Å². The zero-order chi connectivity index (χ0) is 11.5. The summed E-state index contributed by atoms with van der Waals surface area (Å²) < 4.78 is 37.3. The number of hydrogen-bond acceptors (Lipinski definition) is 2. The highest BCUT2D eigenvalue weighted by atomic mass is 19.4. The molecule has 1 rings (SSSR count). The molecule has 1 amide bonds. The third-order valence-corrected chi connectivity index (χ3v) is 1.81. The van der Waals surface area contributed by atoms with Crippen LogP contribution >= 0.6 is 0 Å². The number of carbonyl (C=O) groups is 1. The quantitative estimate of drug-likeness (QED) is 0.761. The monoisotopic (exact) mass is 219 g/mol. The van der Waals surface area contributed by atoms with Gasteiger partial charge < -0.3 is 10.4 Å². The molecule has 0 aromatic heterocycles. The van der Waals surface area contributed by atoms with Crippen molar-refractivity contribution in [1.29, 1.82) is 0 Å². The lowest BCUT2D eigenvalue weighted by atomic mass is 10.1. The van der Waals surface area contributed by atoms with Crippen molar-refractivity contribution in [2.45, 2.75) is 12.8 Å². The Morgan fingerprint density at radius 2 is 2.07 bits per heavy atom. The SMILES string of the molecule is O=CNc1ccc(CO)c(C(F)(F)F)c1. The van der Waals surface area contributed by atoms with Gasteiger partial charge in [0, 0.05) is 5.69 Å². The number of hydrogen-bond donors (Lipinski definition) is 2. The van der Waals surface area contributed by atoms with Crippen LogP contribution in [0.25, 0.3) is 0 Å². The predicted molar refractivity (Wildman–Crippen MR) is 47.1 cm³/mol. The molecule has 0 fully saturated rings. The third-order valence-electron chi connectivity index (χ3n) is 1.81. The lowest BCUT2D eigenvalue weighted by Crippen LogP contribution is -2.10. The molecule has 0 unspecified atom stereocenters. The van der Waals surface area contributed by atoms with Crippen LogP contribution in [-0.4, -0.2) is 11.5 Å². The lowest BCUT2D eigenvalue weighted by Gasteiger charge is -2.12. The maximum atomic E-state index is 12.4. The van der Waals surface area contributed by atoms with Gasteiger partial charge in [0.25, 0.3) is 0 Å². The summed E-state index contributed by atoms with van der Waals surface area (Å²) in [6, 6.07) is 3.18. The smallest absolute Gasteiger partial charge is 0.392 e. The Hall–Kier alpha value is -1.56. The van der Waals surface area contributed by atoms with Crippen LogP contribution in [0.3, 0.4) is 0 Å². The summed E-state index contributed by atoms with van der Waals surface area (Å²) in [4.78, 5) is 10.0. The Balaban J connectivity index is 3.19. The van der Waals surface area contributed by atoms with E-state index < -0.39 is 18.3 Å². The third kappa shape index (κ3) is 2.69. The fourth-order valence-electron chi connectivity index (χ4n) is 1.14. The molecule has 0 bridgehead atoms. The first-order chi connectivity index (χ1) is 6.99. The van der Waals surface area contributed by atoms with Crippen LogP contribution in [0.4, 0.5) is 18.9 Å². The fourth-order valence-corrected chi connectivity index (χ4v) is 1.14. The highest BCUT2D eigenvalue weighted by Crippen LogP contribution is 2.33. The van der Waals surface area contributed by atoms with Gasteiger partial charge in [-0.05, 0) is 17.7 Å². The van der Waals surface area contributed by atoms with E-state index in [4.69, 9.17) is 5.11 Å². The van der Waals surface area contributed by atoms with Gasteiger partial charge in [0.2, 0.25) is 6.41 Å². The zero-order valence-corrected chi connectivity index (χ0v) is 7.51. The van der Waals surface area contributed by atoms with E-state index in [1.54, 1.807) is 0 Å². The molecule has 0 saturated carbocycles. The Bertz CT molecular complexity index is 363. The minimum absolute atomic E-state index is 0.0366. The molecule has 82 valence electrons. The lowest BCUT2D eigenvalue weighted by molar-refractivity contribution is -0.138. The summed E-state index contributed by atoms with van der Waals surface area (Å²) in [7, 11) is 0. The van der Waals surface area contributed by atoms with E-state index in [2.05, 4.69) is 5.32 Å². The molecule has 3 nitrogen and oxygen atoms in total. The first-order valence-electron chi connectivity index (χ1n) is 4.00. The normalized spacial score (nSPS) is 11.2. The number of anilines is 1. The number of rotatable bonds is 3. The van der Waals surface area contributed by atoms with E-state index in [1.807, 2.05) is 0 Å². The van der Waals surface area contributed by atoms with Gasteiger partial charge in [-0.1, -0.05) is 6.07 Å². The molecule has 0 aliphatic heterocycles. The summed E-state index contributed by atoms with van der Waals surface area (Å²) in [5, 5.41) is 10.8. The summed E-state index contributed by atoms with van der Waals surface area (Å²) in [5.41, 5.74) is -1.13. The Kier molecular flexibility index (Phi) is 3.31. The molecule has 0 radical (unpaired) electrons. The number of nitrogens with one attached hydrogen (secondary N) is 1. The number of alkyl halides is 3. The van der Waals surface area contributed by atoms with Crippen molar-refractivity contribution in [3.63, 3.8) is 0 Å². The minimum atomic E-state index is -4.54. The van der Waals surface area contributed by atoms with Crippen LogP contribution in [0.2, 0.25) is 0 Å². The second-order valence-corrected chi connectivity index (χ2v) is 2.79. The largest absolute Gasteiger partial charge is 0.416 e. The molecule has 0 aliphatic carbocycles. The van der Waals surface area contributed by atoms with E-state index in [0.717, 1.165) is 12.1 Å². The Morgan fingerprint density at radius 1 is 1.40 bits per heavy atom. The average molecular weight is 219 g/mol. The van der Waals surface area contributed by atoms with Crippen molar-refractivity contribution < 1.29 is 23.1 Å². The van der Waals surface area contributed by atoms with Crippen LogP contribution in [0.5, 0.6) is 0 Å². The zero-order valence-electron chi connectivity index (χ0n) is 7.51. The standard InChI is InChI=1S/C9H8F3NO2/c10-9(11,12)8-3-7(13-5-15)2-1-6(8)4-14/h1-3,5,14H,4H2,(H,13,15). The van der Waals surface area contributed by atoms with Crippen molar-refractivity contribution in [3.05, 3.63) is 29.3 Å². The van der Waals surface area contributed by atoms with Crippen molar-refractivity contribution in [3.8, 4) is 0 Å². The summed E-state index contributed by atoms with van der Waals surface area (Å²) in [6.45, 7) is -0.698. The molecule has 1 aromatic rings. The van der Waals surface area contributed by atoms with Gasteiger partial charge in [-0.15, -0.1) is 0 Å². The van der Waals surface area contributed by atoms with Crippen LogP contribution < -0.4 is 5.32 Å². The van der Waals surface area contributed by atoms with Crippen molar-refractivity contribution >= 4 is 12.1 Å². The molecular formula is C9H8F3NO2. The van der Waals surface area contributed by atoms with E-state index in [0.29, 0.717) is 0 Å². The van der Waals surface area contributed by atoms with Crippen LogP contribution in [-0.2, 0) is 17.6 Å². The van der Waals surface area contributed by atoms with Gasteiger partial charge in [0.1, 0.15) is 0 Å². The number of carbonyl (C=O) groups excluding carboxylic acids is 1. The summed E-state index contributed by atoms with van der Waals surface area (Å²) >= 11 is 0. The van der Waals surface area contributed by atoms with E-state index in [-0.39, 0.29) is 17.7 Å². The number of benzene rings is 1. The second-order valence-electron chi connectivity index (χ2n) is 2.79. The van der Waals surface area contributed by atoms with E-state index >= 15 is 0 Å². The predicted octanol–water partition coefficient (Wildman–Crippen LogP) is 1.77. The van der Waals surface area contributed by atoms with Crippen LogP contribution in [0, 0.1) is 0 Å². The minimum Gasteiger partial charge on any atom is -0.392 e. The average Bonchev–Trinajstić information content (AvgIpc) is 2.17. The summed E-state index contributed by atoms with van der Waals surface area (Å²) in [5.74, 6) is 0. The number of aliphatic hydroxyl groups is 1. The summed E-state index contributed by atoms with van der Waals surface area (Å²) in [6.07, 6.45) is -4.26. The second kappa shape index (κ2) is 4.31. The fraction of sp³-hybridized carbons (Fsp3) is 0.222. The molecule has 6 heteroatoms. The number of halogens is 3. The van der Waals surface area contributed by atoms with Crippen molar-refractivity contribution in [2.24, 2.45) is 0 Å². The molecule has 1 aromatic carbocycles. The molecule has 0 spiro atoms. The number of amides is 1. The first kappa shape index (κ1) is 11.5. The maximum Gasteiger partial charge on any atom is 0.416 e. The highest BCUT2D eigenvalue weighted by Gasteiger charge is 2.33. The van der Waals surface area contributed by atoms with Crippen LogP contribution in [0.1, 0.15) is 11.1 Å². The van der Waals surface area contributed by atoms with Crippen molar-refractivity contribution in [2.75, 3.05) is 5.32 Å². The molecular weight excluding hydrogens is 211 g/mol. The molecule has 0 heterocycles. The number of aliphatic hydroxyl groups excluding tert-OH is 1. The van der Waals surface area contributed by atoms with E-state index in [9.17, 15) is 18.0 Å². The molecule has 0 saturated heterocycles. The first-order valence-corrected chi connectivity index (χ1v) is 4.00. The van der Waals surface area contributed by atoms with E-state index in [1.165, 1.54) is 6.07 Å². The van der Waals surface area contributed by atoms with Crippen molar-refractivity contribution in [1.82, 2.24) is 0 Å². The molecule has 0 atom stereocenters. The topological polar surface area (TPSA) is 49.3 Å². The van der Waals surface area contributed by atoms with Gasteiger partial charge in [0.05, 0.1) is 12.2 Å². The highest BCUT2D eigenvalue weighted by molar-refractivity contribution is 5.71. The molecule has 2 N–H and O–H groups in total. The van der Waals surface area contributed by atoms with Gasteiger partial charge in [-0.2, -0.15) is 13.2 Å². The maximum absolute atomic E-state index is 12.4. The van der Waals surface area contributed by atoms with Gasteiger partial charge >= 0.3 is 6.18 Å². The molecule has 0 aliphatic rings.